The van der Waals surface area contributed by atoms with Crippen LogP contribution in [0, 0.1) is 0 Å². The summed E-state index contributed by atoms with van der Waals surface area (Å²) in [6.07, 6.45) is 0.303. The van der Waals surface area contributed by atoms with Crippen molar-refractivity contribution in [2.45, 2.75) is 6.42 Å². The summed E-state index contributed by atoms with van der Waals surface area (Å²) >= 11 is 1.47. The van der Waals surface area contributed by atoms with E-state index in [4.69, 9.17) is 9.47 Å². The summed E-state index contributed by atoms with van der Waals surface area (Å²) in [7, 11) is 1.90. The highest BCUT2D eigenvalue weighted by molar-refractivity contribution is 7.16. The Bertz CT molecular complexity index is 957. The fraction of sp³-hybridized carbons (Fsp3) is 0.176. The first-order valence-corrected chi connectivity index (χ1v) is 8.03. The van der Waals surface area contributed by atoms with Crippen LogP contribution in [0.25, 0.3) is 10.2 Å². The Morgan fingerprint density at radius 2 is 1.96 bits per heavy atom. The number of carbonyl (C=O) groups is 1. The smallest absolute Gasteiger partial charge is 0.252 e. The van der Waals surface area contributed by atoms with Gasteiger partial charge in [-0.3, -0.25) is 4.79 Å². The lowest BCUT2D eigenvalue weighted by atomic mass is 10.1. The molecule has 0 unspecified atom stereocenters. The molecule has 23 heavy (non-hydrogen) atoms. The molecule has 0 radical (unpaired) electrons. The molecule has 1 aromatic heterocycles. The lowest BCUT2D eigenvalue weighted by Crippen LogP contribution is -2.14. The first-order valence-electron chi connectivity index (χ1n) is 7.21. The normalized spacial score (nSPS) is 13.7. The van der Waals surface area contributed by atoms with Crippen molar-refractivity contribution < 1.29 is 14.3 Å². The maximum Gasteiger partial charge on any atom is 0.252 e. The number of carbonyl (C=O) groups excluding carboxylic acids is 1. The first-order chi connectivity index (χ1) is 11.2. The molecular weight excluding hydrogens is 312 g/mol. The first kappa shape index (κ1) is 14.0. The average molecular weight is 326 g/mol. The number of hydrogen-bond donors (Lipinski definition) is 0. The molecule has 0 atom stereocenters. The maximum atomic E-state index is 12.2. The third-order valence-electron chi connectivity index (χ3n) is 3.72. The third-order valence-corrected chi connectivity index (χ3v) is 4.82. The molecule has 2 heterocycles. The summed E-state index contributed by atoms with van der Waals surface area (Å²) in [4.78, 5) is 17.1. The lowest BCUT2D eigenvalue weighted by Gasteiger charge is -1.98. The molecule has 0 bridgehead atoms. The van der Waals surface area contributed by atoms with Gasteiger partial charge < -0.3 is 14.0 Å². The molecule has 2 aromatic carbocycles. The fourth-order valence-electron chi connectivity index (χ4n) is 2.54. The summed E-state index contributed by atoms with van der Waals surface area (Å²) in [5.74, 6) is 1.31. The number of thiazole rings is 1. The van der Waals surface area contributed by atoms with Crippen LogP contribution in [0.15, 0.2) is 47.5 Å². The number of fused-ring (bicyclic) bond motifs is 2. The third kappa shape index (κ3) is 2.61. The van der Waals surface area contributed by atoms with E-state index in [1.165, 1.54) is 11.3 Å². The number of benzene rings is 2. The zero-order valence-corrected chi connectivity index (χ0v) is 13.3. The van der Waals surface area contributed by atoms with E-state index < -0.39 is 0 Å². The van der Waals surface area contributed by atoms with Crippen molar-refractivity contribution in [1.29, 1.82) is 0 Å². The predicted molar refractivity (Wildman–Crippen MR) is 87.6 cm³/mol. The van der Waals surface area contributed by atoms with Gasteiger partial charge in [-0.15, -0.1) is 0 Å². The molecule has 6 heteroatoms. The van der Waals surface area contributed by atoms with Crippen molar-refractivity contribution >= 4 is 27.5 Å². The monoisotopic (exact) mass is 326 g/mol. The van der Waals surface area contributed by atoms with E-state index in [0.29, 0.717) is 11.2 Å². The minimum Gasteiger partial charge on any atom is -0.454 e. The highest BCUT2D eigenvalue weighted by Crippen LogP contribution is 2.36. The van der Waals surface area contributed by atoms with Gasteiger partial charge in [0.1, 0.15) is 0 Å². The summed E-state index contributed by atoms with van der Waals surface area (Å²) in [6, 6.07) is 13.5. The lowest BCUT2D eigenvalue weighted by molar-refractivity contribution is -0.117. The molecule has 116 valence electrons. The van der Waals surface area contributed by atoms with Gasteiger partial charge in [0.25, 0.3) is 5.91 Å². The van der Waals surface area contributed by atoms with Gasteiger partial charge in [-0.2, -0.15) is 4.99 Å². The van der Waals surface area contributed by atoms with Crippen LogP contribution < -0.4 is 14.3 Å². The molecule has 4 rings (SSSR count). The SMILES string of the molecule is Cn1c(=NC(=O)Cc2ccccc2)sc2cc3c(cc21)OCO3. The summed E-state index contributed by atoms with van der Waals surface area (Å²) < 4.78 is 13.7. The second-order valence-corrected chi connectivity index (χ2v) is 6.29. The molecule has 0 saturated heterocycles. The van der Waals surface area contributed by atoms with Gasteiger partial charge >= 0.3 is 0 Å². The van der Waals surface area contributed by atoms with Gasteiger partial charge in [-0.25, -0.2) is 0 Å². The highest BCUT2D eigenvalue weighted by atomic mass is 32.1. The molecular formula is C17H14N2O3S. The number of hydrogen-bond acceptors (Lipinski definition) is 4. The van der Waals surface area contributed by atoms with Crippen LogP contribution in [0.1, 0.15) is 5.56 Å². The number of rotatable bonds is 2. The highest BCUT2D eigenvalue weighted by Gasteiger charge is 2.16. The Hall–Kier alpha value is -2.60. The van der Waals surface area contributed by atoms with Gasteiger partial charge in [0.2, 0.25) is 6.79 Å². The number of aromatic nitrogens is 1. The molecule has 0 aliphatic carbocycles. The van der Waals surface area contributed by atoms with Crippen LogP contribution in [0.2, 0.25) is 0 Å². The maximum absolute atomic E-state index is 12.2. The van der Waals surface area contributed by atoms with Gasteiger partial charge in [0.15, 0.2) is 16.3 Å². The average Bonchev–Trinajstić information content (AvgIpc) is 3.11. The van der Waals surface area contributed by atoms with Gasteiger partial charge in [0, 0.05) is 19.2 Å². The molecule has 0 saturated carbocycles. The number of aryl methyl sites for hydroxylation is 1. The quantitative estimate of drug-likeness (QED) is 0.727. The number of nitrogens with zero attached hydrogens (tertiary/aromatic N) is 2. The summed E-state index contributed by atoms with van der Waals surface area (Å²) in [5.41, 5.74) is 1.94. The van der Waals surface area contributed by atoms with E-state index >= 15 is 0 Å². The number of amides is 1. The van der Waals surface area contributed by atoms with Crippen molar-refractivity contribution in [3.63, 3.8) is 0 Å². The van der Waals surface area contributed by atoms with Crippen molar-refractivity contribution in [1.82, 2.24) is 4.57 Å². The van der Waals surface area contributed by atoms with Crippen LogP contribution in [0.5, 0.6) is 11.5 Å². The van der Waals surface area contributed by atoms with E-state index in [1.807, 2.05) is 54.1 Å². The molecule has 5 nitrogen and oxygen atoms in total. The largest absolute Gasteiger partial charge is 0.454 e. The van der Waals surface area contributed by atoms with Crippen LogP contribution in [-0.4, -0.2) is 17.3 Å². The molecule has 0 fully saturated rings. The van der Waals surface area contributed by atoms with Crippen molar-refractivity contribution in [2.75, 3.05) is 6.79 Å². The van der Waals surface area contributed by atoms with Gasteiger partial charge in [-0.1, -0.05) is 41.7 Å². The van der Waals surface area contributed by atoms with Crippen LogP contribution >= 0.6 is 11.3 Å². The van der Waals surface area contributed by atoms with E-state index in [0.717, 1.165) is 27.3 Å². The Labute approximate surface area is 136 Å². The van der Waals surface area contributed by atoms with E-state index in [2.05, 4.69) is 4.99 Å². The van der Waals surface area contributed by atoms with Crippen LogP contribution in [-0.2, 0) is 18.3 Å². The van der Waals surface area contributed by atoms with Crippen molar-refractivity contribution in [3.8, 4) is 11.5 Å². The van der Waals surface area contributed by atoms with E-state index in [1.54, 1.807) is 0 Å². The van der Waals surface area contributed by atoms with E-state index in [-0.39, 0.29) is 12.7 Å². The zero-order valence-electron chi connectivity index (χ0n) is 12.5. The van der Waals surface area contributed by atoms with Crippen molar-refractivity contribution in [3.05, 3.63) is 52.8 Å². The molecule has 1 aliphatic heterocycles. The minimum absolute atomic E-state index is 0.154. The zero-order chi connectivity index (χ0) is 15.8. The van der Waals surface area contributed by atoms with Crippen molar-refractivity contribution in [2.24, 2.45) is 12.0 Å². The summed E-state index contributed by atoms with van der Waals surface area (Å²) in [5, 5.41) is 0. The Morgan fingerprint density at radius 1 is 1.22 bits per heavy atom. The topological polar surface area (TPSA) is 52.8 Å². The molecule has 0 spiro atoms. The molecule has 1 aliphatic rings. The standard InChI is InChI=1S/C17H14N2O3S/c1-19-12-8-13-14(22-10-21-13)9-15(12)23-17(19)18-16(20)7-11-5-3-2-4-6-11/h2-6,8-9H,7,10H2,1H3. The van der Waals surface area contributed by atoms with E-state index in [9.17, 15) is 4.79 Å². The second kappa shape index (κ2) is 5.55. The minimum atomic E-state index is -0.154. The van der Waals surface area contributed by atoms with Crippen LogP contribution in [0.4, 0.5) is 0 Å². The Balaban J connectivity index is 1.71. The van der Waals surface area contributed by atoms with Gasteiger partial charge in [0.05, 0.1) is 16.6 Å². The number of ether oxygens (including phenoxy) is 2. The summed E-state index contributed by atoms with van der Waals surface area (Å²) in [6.45, 7) is 0.253. The Kier molecular flexibility index (Phi) is 3.38. The molecule has 3 aromatic rings. The second-order valence-electron chi connectivity index (χ2n) is 5.28. The fourth-order valence-corrected chi connectivity index (χ4v) is 3.59. The predicted octanol–water partition coefficient (Wildman–Crippen LogP) is 2.64. The Morgan fingerprint density at radius 3 is 2.74 bits per heavy atom. The van der Waals surface area contributed by atoms with Crippen LogP contribution in [0.3, 0.4) is 0 Å². The van der Waals surface area contributed by atoms with Gasteiger partial charge in [-0.05, 0) is 5.56 Å². The molecule has 1 amide bonds. The molecule has 0 N–H and O–H groups in total.